The number of fused-ring (bicyclic) bond motifs is 2. The van der Waals surface area contributed by atoms with Gasteiger partial charge in [-0.2, -0.15) is 0 Å². The van der Waals surface area contributed by atoms with Gasteiger partial charge in [-0.15, -0.1) is 0 Å². The highest BCUT2D eigenvalue weighted by atomic mass is 35.5. The predicted octanol–water partition coefficient (Wildman–Crippen LogP) is 6.72. The first-order chi connectivity index (χ1) is 19.8. The highest BCUT2D eigenvalue weighted by molar-refractivity contribution is 7.84. The van der Waals surface area contributed by atoms with Crippen LogP contribution in [0.2, 0.25) is 5.02 Å². The molecule has 1 saturated carbocycles. The van der Waals surface area contributed by atoms with E-state index in [1.54, 1.807) is 6.07 Å². The zero-order chi connectivity index (χ0) is 29.1. The topological polar surface area (TPSA) is 75.7 Å². The van der Waals surface area contributed by atoms with Crippen molar-refractivity contribution in [3.63, 3.8) is 0 Å². The largest absolute Gasteiger partial charge is 0.491 e. The Hall–Kier alpha value is -2.38. The molecule has 1 N–H and O–H groups in total. The SMILES string of the molecule is CCCc1cc(Cl)ccc1C1COc2ccc3cc2N(C1)CC1CCC1C(C=O)CCCC(C)C(C)S(=O)NC3=O. The maximum Gasteiger partial charge on any atom is 0.263 e. The van der Waals surface area contributed by atoms with Crippen LogP contribution in [0.1, 0.15) is 86.7 Å². The summed E-state index contributed by atoms with van der Waals surface area (Å²) in [6.45, 7) is 8.27. The second kappa shape index (κ2) is 13.3. The number of nitrogens with one attached hydrogen (secondary N) is 1. The Morgan fingerprint density at radius 3 is 2.66 bits per heavy atom. The number of carbonyl (C=O) groups is 2. The van der Waals surface area contributed by atoms with Crippen LogP contribution >= 0.6 is 11.6 Å². The standard InChI is InChI=1S/C33H43ClN2O4S/c1-4-6-23-15-28(34)11-13-29(23)27-18-36-17-25-9-12-30(25)26(19-37)8-5-7-21(2)22(3)41(39)35-33(38)24-10-14-32(40-20-27)31(36)16-24/h10-11,13-16,19,21-22,25-27,30H,4-9,12,17-18,20H2,1-3H3,(H,35,38). The quantitative estimate of drug-likeness (QED) is 0.396. The number of hydrogen-bond acceptors (Lipinski definition) is 5. The van der Waals surface area contributed by atoms with Crippen molar-refractivity contribution in [1.82, 2.24) is 4.72 Å². The molecule has 6 nitrogen and oxygen atoms in total. The molecule has 7 atom stereocenters. The van der Waals surface area contributed by atoms with Crippen LogP contribution < -0.4 is 14.4 Å². The van der Waals surface area contributed by atoms with Gasteiger partial charge in [-0.05, 0) is 98.2 Å². The number of anilines is 1. The fraction of sp³-hybridized carbons (Fsp3) is 0.576. The van der Waals surface area contributed by atoms with E-state index in [4.69, 9.17) is 16.3 Å². The number of carbonyl (C=O) groups excluding carboxylic acids is 2. The molecule has 5 rings (SSSR count). The smallest absolute Gasteiger partial charge is 0.263 e. The van der Waals surface area contributed by atoms with E-state index in [1.807, 2.05) is 25.1 Å². The number of amides is 1. The number of rotatable bonds is 4. The van der Waals surface area contributed by atoms with Gasteiger partial charge in [0.15, 0.2) is 0 Å². The van der Waals surface area contributed by atoms with E-state index in [2.05, 4.69) is 35.6 Å². The van der Waals surface area contributed by atoms with Crippen LogP contribution in [0.15, 0.2) is 36.4 Å². The molecule has 41 heavy (non-hydrogen) atoms. The number of aryl methyl sites for hydroxylation is 1. The van der Waals surface area contributed by atoms with E-state index in [0.717, 1.165) is 74.5 Å². The van der Waals surface area contributed by atoms with Crippen molar-refractivity contribution in [1.29, 1.82) is 0 Å². The van der Waals surface area contributed by atoms with Crippen molar-refractivity contribution < 1.29 is 18.5 Å². The Balaban J connectivity index is 1.52. The molecule has 1 fully saturated rings. The summed E-state index contributed by atoms with van der Waals surface area (Å²) in [5, 5.41) is 0.560. The predicted molar refractivity (Wildman–Crippen MR) is 166 cm³/mol. The molecule has 0 radical (unpaired) electrons. The van der Waals surface area contributed by atoms with Gasteiger partial charge in [0.25, 0.3) is 5.91 Å². The van der Waals surface area contributed by atoms with Gasteiger partial charge in [-0.25, -0.2) is 4.21 Å². The maximum absolute atomic E-state index is 13.3. The van der Waals surface area contributed by atoms with Crippen LogP contribution in [0.3, 0.4) is 0 Å². The average molecular weight is 599 g/mol. The van der Waals surface area contributed by atoms with Crippen LogP contribution in [0.4, 0.5) is 5.69 Å². The second-order valence-corrected chi connectivity index (χ2v) is 14.3. The molecule has 1 aliphatic carbocycles. The van der Waals surface area contributed by atoms with E-state index in [0.29, 0.717) is 24.0 Å². The van der Waals surface area contributed by atoms with Gasteiger partial charge in [-0.1, -0.05) is 44.4 Å². The van der Waals surface area contributed by atoms with Crippen LogP contribution in [-0.2, 0) is 22.2 Å². The fourth-order valence-corrected chi connectivity index (χ4v) is 8.11. The monoisotopic (exact) mass is 598 g/mol. The minimum absolute atomic E-state index is 0.0478. The number of halogens is 1. The zero-order valence-corrected chi connectivity index (χ0v) is 26.0. The van der Waals surface area contributed by atoms with E-state index in [-0.39, 0.29) is 28.9 Å². The second-order valence-electron chi connectivity index (χ2n) is 12.3. The summed E-state index contributed by atoms with van der Waals surface area (Å²) >= 11 is 6.39. The van der Waals surface area contributed by atoms with Gasteiger partial charge >= 0.3 is 0 Å². The van der Waals surface area contributed by atoms with Gasteiger partial charge in [0.2, 0.25) is 0 Å². The molecule has 222 valence electrons. The van der Waals surface area contributed by atoms with Crippen molar-refractivity contribution in [3.8, 4) is 5.75 Å². The van der Waals surface area contributed by atoms with Gasteiger partial charge in [0, 0.05) is 35.5 Å². The molecule has 2 bridgehead atoms. The first-order valence-electron chi connectivity index (χ1n) is 15.3. The molecule has 2 aromatic rings. The average Bonchev–Trinajstić information content (AvgIpc) is 3.13. The highest BCUT2D eigenvalue weighted by Crippen LogP contribution is 2.44. The Bertz CT molecular complexity index is 1290. The molecule has 2 heterocycles. The molecule has 2 aliphatic heterocycles. The van der Waals surface area contributed by atoms with Crippen molar-refractivity contribution in [2.45, 2.75) is 76.9 Å². The minimum Gasteiger partial charge on any atom is -0.491 e. The van der Waals surface area contributed by atoms with E-state index in [9.17, 15) is 13.8 Å². The number of nitrogens with zero attached hydrogens (tertiary/aromatic N) is 1. The Morgan fingerprint density at radius 2 is 1.93 bits per heavy atom. The van der Waals surface area contributed by atoms with Gasteiger partial charge < -0.3 is 14.4 Å². The first kappa shape index (κ1) is 30.1. The summed E-state index contributed by atoms with van der Waals surface area (Å²) in [6, 6.07) is 11.7. The molecule has 0 spiro atoms. The van der Waals surface area contributed by atoms with E-state index < -0.39 is 11.0 Å². The normalized spacial score (nSPS) is 30.7. The van der Waals surface area contributed by atoms with Crippen LogP contribution in [0.25, 0.3) is 0 Å². The molecular weight excluding hydrogens is 556 g/mol. The Labute approximate surface area is 252 Å². The third-order valence-electron chi connectivity index (χ3n) is 9.69. The highest BCUT2D eigenvalue weighted by Gasteiger charge is 2.39. The van der Waals surface area contributed by atoms with Crippen molar-refractivity contribution >= 4 is 40.5 Å². The van der Waals surface area contributed by atoms with Gasteiger partial charge in [0.1, 0.15) is 23.0 Å². The third-order valence-corrected chi connectivity index (χ3v) is 11.5. The number of ether oxygens (including phenoxy) is 1. The molecule has 1 amide bonds. The molecule has 3 aliphatic rings. The van der Waals surface area contributed by atoms with Crippen LogP contribution in [0.5, 0.6) is 5.75 Å². The van der Waals surface area contributed by atoms with Crippen LogP contribution in [0, 0.1) is 23.7 Å². The van der Waals surface area contributed by atoms with E-state index >= 15 is 0 Å². The summed E-state index contributed by atoms with van der Waals surface area (Å²) < 4.78 is 22.3. The molecule has 0 aromatic heterocycles. The molecular formula is C33H43ClN2O4S. The summed E-state index contributed by atoms with van der Waals surface area (Å²) in [4.78, 5) is 27.9. The summed E-state index contributed by atoms with van der Waals surface area (Å²) in [6.07, 6.45) is 7.99. The number of hydrogen-bond donors (Lipinski definition) is 1. The maximum atomic E-state index is 13.3. The fourth-order valence-electron chi connectivity index (χ4n) is 6.87. The molecule has 2 aromatic carbocycles. The van der Waals surface area contributed by atoms with Gasteiger partial charge in [-0.3, -0.25) is 9.52 Å². The van der Waals surface area contributed by atoms with Crippen molar-refractivity contribution in [3.05, 3.63) is 58.1 Å². The molecule has 0 saturated heterocycles. The number of aldehydes is 1. The van der Waals surface area contributed by atoms with Crippen molar-refractivity contribution in [2.24, 2.45) is 23.7 Å². The van der Waals surface area contributed by atoms with Crippen molar-refractivity contribution in [2.75, 3.05) is 24.6 Å². The number of benzene rings is 2. The lowest BCUT2D eigenvalue weighted by Crippen LogP contribution is -2.43. The Kier molecular flexibility index (Phi) is 9.75. The summed E-state index contributed by atoms with van der Waals surface area (Å²) in [5.41, 5.74) is 3.87. The van der Waals surface area contributed by atoms with E-state index in [1.165, 1.54) is 17.4 Å². The van der Waals surface area contributed by atoms with Crippen LogP contribution in [-0.4, -0.2) is 41.3 Å². The summed E-state index contributed by atoms with van der Waals surface area (Å²) in [7, 11) is -1.51. The molecule has 8 heteroatoms. The lowest BCUT2D eigenvalue weighted by atomic mass is 9.66. The van der Waals surface area contributed by atoms with Gasteiger partial charge in [0.05, 0.1) is 17.5 Å². The zero-order valence-electron chi connectivity index (χ0n) is 24.4. The third kappa shape index (κ3) is 6.67. The summed E-state index contributed by atoms with van der Waals surface area (Å²) in [5.74, 6) is 1.54. The lowest BCUT2D eigenvalue weighted by molar-refractivity contribution is -0.115. The lowest BCUT2D eigenvalue weighted by Gasteiger charge is -2.43. The first-order valence-corrected chi connectivity index (χ1v) is 16.8. The minimum atomic E-state index is -1.51. The molecule has 7 unspecified atom stereocenters. The Morgan fingerprint density at radius 1 is 1.10 bits per heavy atom.